The van der Waals surface area contributed by atoms with Crippen LogP contribution in [0.2, 0.25) is 5.15 Å². The van der Waals surface area contributed by atoms with E-state index in [0.29, 0.717) is 11.7 Å². The molecule has 2 rings (SSSR count). The maximum absolute atomic E-state index is 13.6. The number of nitrogens with one attached hydrogen (secondary N) is 2. The topological polar surface area (TPSA) is 52.6 Å². The van der Waals surface area contributed by atoms with Crippen LogP contribution in [0.15, 0.2) is 47.6 Å². The number of guanidine groups is 1. The van der Waals surface area contributed by atoms with Crippen molar-refractivity contribution in [2.45, 2.75) is 19.4 Å². The second kappa shape index (κ2) is 12.9. The summed E-state index contributed by atoms with van der Waals surface area (Å²) in [5.41, 5.74) is 2.01. The summed E-state index contributed by atoms with van der Waals surface area (Å²) in [7, 11) is 3.94. The predicted octanol–water partition coefficient (Wildman–Crippen LogP) is 3.89. The van der Waals surface area contributed by atoms with Crippen molar-refractivity contribution in [1.82, 2.24) is 20.5 Å². The SMILES string of the molecule is CCNC(=NCC(c1cccc(F)c1)N(C)C)NCCc1ccc(Cl)nc1.I. The van der Waals surface area contributed by atoms with Crippen LogP contribution in [-0.4, -0.2) is 49.6 Å². The van der Waals surface area contributed by atoms with E-state index < -0.39 is 0 Å². The largest absolute Gasteiger partial charge is 0.357 e. The van der Waals surface area contributed by atoms with Gasteiger partial charge in [0.2, 0.25) is 0 Å². The van der Waals surface area contributed by atoms with E-state index in [-0.39, 0.29) is 35.8 Å². The molecular formula is C20H28ClFIN5. The summed E-state index contributed by atoms with van der Waals surface area (Å²) in [5.74, 6) is 0.507. The molecule has 0 aliphatic heterocycles. The summed E-state index contributed by atoms with van der Waals surface area (Å²) in [6.07, 6.45) is 2.59. The summed E-state index contributed by atoms with van der Waals surface area (Å²) in [6, 6.07) is 10.4. The Balaban J connectivity index is 0.00000392. The highest BCUT2D eigenvalue weighted by atomic mass is 127. The van der Waals surface area contributed by atoms with E-state index in [1.807, 2.05) is 38.1 Å². The lowest BCUT2D eigenvalue weighted by Gasteiger charge is -2.23. The molecule has 0 spiro atoms. The molecule has 2 N–H and O–H groups in total. The van der Waals surface area contributed by atoms with Crippen molar-refractivity contribution in [3.8, 4) is 0 Å². The van der Waals surface area contributed by atoms with E-state index in [0.717, 1.165) is 36.6 Å². The quantitative estimate of drug-likeness (QED) is 0.240. The van der Waals surface area contributed by atoms with Crippen molar-refractivity contribution in [2.75, 3.05) is 33.7 Å². The molecule has 0 fully saturated rings. The van der Waals surface area contributed by atoms with Gasteiger partial charge in [-0.25, -0.2) is 9.37 Å². The van der Waals surface area contributed by atoms with Gasteiger partial charge in [0, 0.05) is 19.3 Å². The van der Waals surface area contributed by atoms with Gasteiger partial charge in [0.1, 0.15) is 11.0 Å². The number of hydrogen-bond donors (Lipinski definition) is 2. The zero-order valence-corrected chi connectivity index (χ0v) is 19.5. The lowest BCUT2D eigenvalue weighted by Crippen LogP contribution is -2.39. The average Bonchev–Trinajstić information content (AvgIpc) is 2.63. The highest BCUT2D eigenvalue weighted by Gasteiger charge is 2.14. The third-order valence-corrected chi connectivity index (χ3v) is 4.34. The molecule has 1 unspecified atom stereocenters. The fraction of sp³-hybridized carbons (Fsp3) is 0.400. The summed E-state index contributed by atoms with van der Waals surface area (Å²) < 4.78 is 13.6. The van der Waals surface area contributed by atoms with Gasteiger partial charge in [0.25, 0.3) is 0 Å². The number of aromatic nitrogens is 1. The predicted molar refractivity (Wildman–Crippen MR) is 125 cm³/mol. The van der Waals surface area contributed by atoms with Crippen LogP contribution in [-0.2, 0) is 6.42 Å². The Bertz CT molecular complexity index is 740. The molecule has 1 aromatic carbocycles. The monoisotopic (exact) mass is 519 g/mol. The van der Waals surface area contributed by atoms with Crippen LogP contribution in [0.25, 0.3) is 0 Å². The Hall–Kier alpha value is -1.45. The number of hydrogen-bond acceptors (Lipinski definition) is 3. The van der Waals surface area contributed by atoms with Crippen LogP contribution < -0.4 is 10.6 Å². The van der Waals surface area contributed by atoms with E-state index in [9.17, 15) is 4.39 Å². The van der Waals surface area contributed by atoms with Gasteiger partial charge in [-0.05, 0) is 56.8 Å². The molecule has 8 heteroatoms. The fourth-order valence-electron chi connectivity index (χ4n) is 2.68. The fourth-order valence-corrected chi connectivity index (χ4v) is 2.79. The van der Waals surface area contributed by atoms with E-state index in [2.05, 4.69) is 20.6 Å². The molecule has 1 heterocycles. The standard InChI is InChI=1S/C20H27ClFN5.HI/c1-4-23-20(24-11-10-15-8-9-19(21)25-13-15)26-14-18(27(2)3)16-6-5-7-17(22)12-16;/h5-9,12-13,18H,4,10-11,14H2,1-3H3,(H2,23,24,26);1H. The van der Waals surface area contributed by atoms with Gasteiger partial charge in [-0.1, -0.05) is 29.8 Å². The molecule has 0 aliphatic carbocycles. The third-order valence-electron chi connectivity index (χ3n) is 4.12. The smallest absolute Gasteiger partial charge is 0.191 e. The molecule has 0 amide bonds. The lowest BCUT2D eigenvalue weighted by atomic mass is 10.1. The summed E-state index contributed by atoms with van der Waals surface area (Å²) in [4.78, 5) is 10.8. The molecule has 28 heavy (non-hydrogen) atoms. The summed E-state index contributed by atoms with van der Waals surface area (Å²) in [6.45, 7) is 4.03. The van der Waals surface area contributed by atoms with Gasteiger partial charge in [-0.3, -0.25) is 4.99 Å². The second-order valence-electron chi connectivity index (χ2n) is 6.42. The highest BCUT2D eigenvalue weighted by molar-refractivity contribution is 14.0. The van der Waals surface area contributed by atoms with Gasteiger partial charge in [0.15, 0.2) is 5.96 Å². The second-order valence-corrected chi connectivity index (χ2v) is 6.81. The van der Waals surface area contributed by atoms with Crippen LogP contribution in [0.5, 0.6) is 0 Å². The third kappa shape index (κ3) is 8.28. The molecule has 0 radical (unpaired) electrons. The summed E-state index contributed by atoms with van der Waals surface area (Å²) >= 11 is 5.81. The minimum absolute atomic E-state index is 0. The first kappa shape index (κ1) is 24.6. The van der Waals surface area contributed by atoms with Gasteiger partial charge in [0.05, 0.1) is 12.6 Å². The molecule has 1 atom stereocenters. The maximum Gasteiger partial charge on any atom is 0.191 e. The molecule has 5 nitrogen and oxygen atoms in total. The first-order chi connectivity index (χ1) is 13.0. The molecule has 0 aliphatic rings. The molecule has 0 saturated carbocycles. The summed E-state index contributed by atoms with van der Waals surface area (Å²) in [5, 5.41) is 7.07. The van der Waals surface area contributed by atoms with E-state index >= 15 is 0 Å². The van der Waals surface area contributed by atoms with Crippen molar-refractivity contribution in [2.24, 2.45) is 4.99 Å². The van der Waals surface area contributed by atoms with Gasteiger partial charge >= 0.3 is 0 Å². The number of pyridine rings is 1. The zero-order valence-electron chi connectivity index (χ0n) is 16.5. The van der Waals surface area contributed by atoms with Crippen molar-refractivity contribution in [1.29, 1.82) is 0 Å². The minimum atomic E-state index is -0.232. The normalized spacial score (nSPS) is 12.4. The highest BCUT2D eigenvalue weighted by Crippen LogP contribution is 2.19. The minimum Gasteiger partial charge on any atom is -0.357 e. The van der Waals surface area contributed by atoms with Crippen LogP contribution >= 0.6 is 35.6 Å². The molecule has 154 valence electrons. The Morgan fingerprint density at radius 3 is 2.64 bits per heavy atom. The van der Waals surface area contributed by atoms with Crippen LogP contribution in [0.4, 0.5) is 4.39 Å². The Kier molecular flexibility index (Phi) is 11.3. The molecular weight excluding hydrogens is 492 g/mol. The molecule has 2 aromatic rings. The number of benzene rings is 1. The Morgan fingerprint density at radius 2 is 2.04 bits per heavy atom. The van der Waals surface area contributed by atoms with Crippen molar-refractivity contribution >= 4 is 41.5 Å². The van der Waals surface area contributed by atoms with Crippen LogP contribution in [0.1, 0.15) is 24.1 Å². The lowest BCUT2D eigenvalue weighted by molar-refractivity contribution is 0.305. The van der Waals surface area contributed by atoms with E-state index in [1.165, 1.54) is 6.07 Å². The Labute approximate surface area is 188 Å². The molecule has 1 aromatic heterocycles. The first-order valence-electron chi connectivity index (χ1n) is 9.04. The Morgan fingerprint density at radius 1 is 1.25 bits per heavy atom. The average molecular weight is 520 g/mol. The van der Waals surface area contributed by atoms with Crippen molar-refractivity contribution in [3.05, 3.63) is 64.7 Å². The van der Waals surface area contributed by atoms with Crippen molar-refractivity contribution in [3.63, 3.8) is 0 Å². The number of halogens is 3. The number of likely N-dealkylation sites (N-methyl/N-ethyl adjacent to an activating group) is 1. The van der Waals surface area contributed by atoms with Crippen molar-refractivity contribution < 1.29 is 4.39 Å². The number of aliphatic imine (C=N–C) groups is 1. The van der Waals surface area contributed by atoms with E-state index in [1.54, 1.807) is 24.4 Å². The zero-order chi connectivity index (χ0) is 19.6. The molecule has 0 bridgehead atoms. The first-order valence-corrected chi connectivity index (χ1v) is 9.42. The number of rotatable bonds is 8. The van der Waals surface area contributed by atoms with Gasteiger partial charge < -0.3 is 15.5 Å². The molecule has 0 saturated heterocycles. The number of nitrogens with zero attached hydrogens (tertiary/aromatic N) is 3. The van der Waals surface area contributed by atoms with E-state index in [4.69, 9.17) is 11.6 Å². The van der Waals surface area contributed by atoms with Crippen LogP contribution in [0, 0.1) is 5.82 Å². The van der Waals surface area contributed by atoms with Gasteiger partial charge in [-0.2, -0.15) is 0 Å². The van der Waals surface area contributed by atoms with Crippen LogP contribution in [0.3, 0.4) is 0 Å². The maximum atomic E-state index is 13.6. The van der Waals surface area contributed by atoms with Gasteiger partial charge in [-0.15, -0.1) is 24.0 Å².